The summed E-state index contributed by atoms with van der Waals surface area (Å²) in [4.78, 5) is 28.4. The van der Waals surface area contributed by atoms with Crippen LogP contribution in [0.1, 0.15) is 15.9 Å². The van der Waals surface area contributed by atoms with Crippen molar-refractivity contribution in [2.45, 2.75) is 0 Å². The third-order valence-corrected chi connectivity index (χ3v) is 7.18. The lowest BCUT2D eigenvalue weighted by Gasteiger charge is -2.20. The first-order valence-electron chi connectivity index (χ1n) is 9.00. The number of nitrogens with one attached hydrogen (secondary N) is 1. The SMILES string of the molecule is CS(=O)(=O)C1=NN2C(=N)/C(=C\c3ccc(OC(=O)c4ccc(F)cc4)c(Cl)c3)C(=O)N=C2S1. The van der Waals surface area contributed by atoms with E-state index in [-0.39, 0.29) is 37.3 Å². The number of esters is 1. The Morgan fingerprint density at radius 2 is 1.94 bits per heavy atom. The van der Waals surface area contributed by atoms with Crippen molar-refractivity contribution in [3.05, 3.63) is 70.0 Å². The van der Waals surface area contributed by atoms with Crippen LogP contribution >= 0.6 is 23.4 Å². The molecule has 0 unspecified atom stereocenters. The third kappa shape index (κ3) is 4.72. The van der Waals surface area contributed by atoms with E-state index in [1.807, 2.05) is 0 Å². The van der Waals surface area contributed by atoms with Crippen molar-refractivity contribution in [1.29, 1.82) is 5.41 Å². The van der Waals surface area contributed by atoms with Crippen molar-refractivity contribution < 1.29 is 27.1 Å². The predicted octanol–water partition coefficient (Wildman–Crippen LogP) is 3.32. The van der Waals surface area contributed by atoms with Crippen LogP contribution in [0.2, 0.25) is 5.02 Å². The van der Waals surface area contributed by atoms with E-state index in [0.29, 0.717) is 17.3 Å². The maximum absolute atomic E-state index is 13.0. The van der Waals surface area contributed by atoms with Crippen molar-refractivity contribution in [1.82, 2.24) is 5.01 Å². The molecule has 1 amide bonds. The normalized spacial score (nSPS) is 17.1. The number of hydrazone groups is 1. The van der Waals surface area contributed by atoms with Crippen molar-refractivity contribution >= 4 is 66.5 Å². The minimum Gasteiger partial charge on any atom is -0.421 e. The molecule has 0 aromatic heterocycles. The lowest BCUT2D eigenvalue weighted by Crippen LogP contribution is -2.35. The zero-order valence-electron chi connectivity index (χ0n) is 16.6. The highest BCUT2D eigenvalue weighted by molar-refractivity contribution is 8.42. The smallest absolute Gasteiger partial charge is 0.343 e. The van der Waals surface area contributed by atoms with Crippen LogP contribution in [0.4, 0.5) is 4.39 Å². The van der Waals surface area contributed by atoms with E-state index >= 15 is 0 Å². The maximum atomic E-state index is 13.0. The number of rotatable bonds is 3. The van der Waals surface area contributed by atoms with Gasteiger partial charge in [-0.3, -0.25) is 10.2 Å². The van der Waals surface area contributed by atoms with Crippen molar-refractivity contribution in [2.75, 3.05) is 6.26 Å². The molecule has 0 spiro atoms. The van der Waals surface area contributed by atoms with Gasteiger partial charge >= 0.3 is 5.97 Å². The molecule has 0 atom stereocenters. The zero-order valence-corrected chi connectivity index (χ0v) is 19.0. The summed E-state index contributed by atoms with van der Waals surface area (Å²) in [5, 5.41) is 13.1. The summed E-state index contributed by atoms with van der Waals surface area (Å²) < 4.78 is 41.4. The van der Waals surface area contributed by atoms with Gasteiger partial charge < -0.3 is 4.74 Å². The summed E-state index contributed by atoms with van der Waals surface area (Å²) in [5.74, 6) is -2.28. The molecule has 13 heteroatoms. The summed E-state index contributed by atoms with van der Waals surface area (Å²) in [6.45, 7) is 0. The third-order valence-electron chi connectivity index (χ3n) is 4.30. The Labute approximate surface area is 196 Å². The molecule has 33 heavy (non-hydrogen) atoms. The second-order valence-electron chi connectivity index (χ2n) is 6.74. The molecule has 0 bridgehead atoms. The van der Waals surface area contributed by atoms with Gasteiger partial charge in [0.25, 0.3) is 5.91 Å². The van der Waals surface area contributed by atoms with Crippen LogP contribution in [0.15, 0.2) is 58.1 Å². The molecule has 2 heterocycles. The monoisotopic (exact) mass is 506 g/mol. The highest BCUT2D eigenvalue weighted by atomic mass is 35.5. The Hall–Kier alpha value is -3.35. The highest BCUT2D eigenvalue weighted by Crippen LogP contribution is 2.31. The number of fused-ring (bicyclic) bond motifs is 1. The van der Waals surface area contributed by atoms with E-state index in [1.54, 1.807) is 0 Å². The van der Waals surface area contributed by atoms with Gasteiger partial charge in [-0.25, -0.2) is 17.6 Å². The lowest BCUT2D eigenvalue weighted by atomic mass is 10.1. The minimum absolute atomic E-state index is 0.0244. The van der Waals surface area contributed by atoms with Gasteiger partial charge in [0.05, 0.1) is 16.2 Å². The number of amides is 1. The van der Waals surface area contributed by atoms with Crippen molar-refractivity contribution in [3.8, 4) is 5.75 Å². The highest BCUT2D eigenvalue weighted by Gasteiger charge is 2.38. The molecule has 2 aromatic carbocycles. The fraction of sp³-hybridized carbons (Fsp3) is 0.0500. The van der Waals surface area contributed by atoms with Crippen LogP contribution in [0, 0.1) is 11.2 Å². The number of nitrogens with zero attached hydrogens (tertiary/aromatic N) is 3. The van der Waals surface area contributed by atoms with Gasteiger partial charge in [0, 0.05) is 6.26 Å². The molecule has 0 saturated carbocycles. The van der Waals surface area contributed by atoms with E-state index in [4.69, 9.17) is 21.7 Å². The van der Waals surface area contributed by atoms with Crippen LogP contribution in [0.5, 0.6) is 5.75 Å². The Morgan fingerprint density at radius 3 is 2.58 bits per heavy atom. The Morgan fingerprint density at radius 1 is 1.24 bits per heavy atom. The molecule has 2 aliphatic heterocycles. The number of aliphatic imine (C=N–C) groups is 1. The number of benzene rings is 2. The number of ether oxygens (including phenoxy) is 1. The quantitative estimate of drug-likeness (QED) is 0.384. The van der Waals surface area contributed by atoms with Crippen LogP contribution in [-0.4, -0.2) is 46.9 Å². The first kappa shape index (κ1) is 22.8. The Bertz CT molecular complexity index is 1420. The van der Waals surface area contributed by atoms with E-state index in [2.05, 4.69) is 10.1 Å². The topological polar surface area (TPSA) is 129 Å². The number of carbonyl (C=O) groups is 2. The summed E-state index contributed by atoms with van der Waals surface area (Å²) in [5.41, 5.74) is 0.392. The van der Waals surface area contributed by atoms with Crippen molar-refractivity contribution in [3.63, 3.8) is 0 Å². The molecule has 9 nitrogen and oxygen atoms in total. The van der Waals surface area contributed by atoms with Crippen LogP contribution < -0.4 is 4.74 Å². The largest absolute Gasteiger partial charge is 0.421 e. The standard InChI is InChI=1S/C20H12ClFN4O5S2/c1-33(29,30)20-25-26-16(23)13(17(27)24-19(26)32-20)8-10-2-7-15(14(21)9-10)31-18(28)11-3-5-12(22)6-4-11/h2-9,23H,1H3/b13-8+,23-16?. The predicted molar refractivity (Wildman–Crippen MR) is 123 cm³/mol. The molecule has 0 saturated heterocycles. The molecular formula is C20H12ClFN4O5S2. The van der Waals surface area contributed by atoms with Gasteiger partial charge in [-0.05, 0) is 59.8 Å². The molecule has 168 valence electrons. The number of halogens is 2. The average molecular weight is 507 g/mol. The second-order valence-corrected chi connectivity index (χ2v) is 10.3. The Balaban J connectivity index is 1.57. The van der Waals surface area contributed by atoms with E-state index < -0.39 is 27.5 Å². The van der Waals surface area contributed by atoms with Gasteiger partial charge in [0.2, 0.25) is 19.4 Å². The van der Waals surface area contributed by atoms with Crippen LogP contribution in [-0.2, 0) is 14.6 Å². The van der Waals surface area contributed by atoms with Gasteiger partial charge in [-0.1, -0.05) is 17.7 Å². The first-order chi connectivity index (χ1) is 15.5. The molecule has 1 N–H and O–H groups in total. The maximum Gasteiger partial charge on any atom is 0.343 e. The number of amidine groups is 2. The molecule has 2 aliphatic rings. The second kappa shape index (κ2) is 8.54. The molecule has 4 rings (SSSR count). The average Bonchev–Trinajstić information content (AvgIpc) is 3.18. The van der Waals surface area contributed by atoms with E-state index in [9.17, 15) is 22.4 Å². The summed E-state index contributed by atoms with van der Waals surface area (Å²) in [6, 6.07) is 9.09. The van der Waals surface area contributed by atoms with Crippen LogP contribution in [0.3, 0.4) is 0 Å². The number of sulfone groups is 1. The molecule has 0 aliphatic carbocycles. The molecule has 0 radical (unpaired) electrons. The summed E-state index contributed by atoms with van der Waals surface area (Å²) in [6.07, 6.45) is 2.30. The fourth-order valence-corrected chi connectivity index (χ4v) is 4.64. The molecule has 2 aromatic rings. The summed E-state index contributed by atoms with van der Waals surface area (Å²) >= 11 is 6.89. The molecular weight excluding hydrogens is 495 g/mol. The Kier molecular flexibility index (Phi) is 5.91. The zero-order chi connectivity index (χ0) is 23.9. The molecule has 0 fully saturated rings. The number of hydrogen-bond donors (Lipinski definition) is 1. The number of carbonyl (C=O) groups excluding carboxylic acids is 2. The van der Waals surface area contributed by atoms with E-state index in [1.165, 1.54) is 36.4 Å². The first-order valence-corrected chi connectivity index (χ1v) is 12.1. The summed E-state index contributed by atoms with van der Waals surface area (Å²) in [7, 11) is -3.64. The lowest BCUT2D eigenvalue weighted by molar-refractivity contribution is -0.114. The number of hydrogen-bond acceptors (Lipinski definition) is 8. The van der Waals surface area contributed by atoms with Gasteiger partial charge in [-0.15, -0.1) is 5.10 Å². The fourth-order valence-electron chi connectivity index (χ4n) is 2.73. The number of thioether (sulfide) groups is 1. The minimum atomic E-state index is -3.64. The van der Waals surface area contributed by atoms with E-state index in [0.717, 1.165) is 23.4 Å². The van der Waals surface area contributed by atoms with Crippen LogP contribution in [0.25, 0.3) is 6.08 Å². The van der Waals surface area contributed by atoms with Gasteiger partial charge in [-0.2, -0.15) is 10.0 Å². The van der Waals surface area contributed by atoms with Gasteiger partial charge in [0.15, 0.2) is 5.84 Å². The van der Waals surface area contributed by atoms with Crippen molar-refractivity contribution in [2.24, 2.45) is 10.1 Å². The van der Waals surface area contributed by atoms with Gasteiger partial charge in [0.1, 0.15) is 11.6 Å².